The van der Waals surface area contributed by atoms with Gasteiger partial charge >= 0.3 is 0 Å². The number of hydrogen-bond donors (Lipinski definition) is 1. The standard InChI is InChI=1S/C21H16N6O2S/c22-10-14-8-15-16(29-12-28-15)9-17(14)30-21-26-18-19(23)24-11-25-20(18)27(21)7-6-13-4-2-1-3-5-13/h1-5,8-9,11H,6-7,12H2,(H2,23,24,25). The summed E-state index contributed by atoms with van der Waals surface area (Å²) in [7, 11) is 0. The average Bonchev–Trinajstić information content (AvgIpc) is 3.37. The van der Waals surface area contributed by atoms with Crippen LogP contribution in [0.25, 0.3) is 11.2 Å². The van der Waals surface area contributed by atoms with E-state index in [2.05, 4.69) is 33.2 Å². The quantitative estimate of drug-likeness (QED) is 0.527. The van der Waals surface area contributed by atoms with Gasteiger partial charge in [0, 0.05) is 17.5 Å². The van der Waals surface area contributed by atoms with Crippen LogP contribution in [0.3, 0.4) is 0 Å². The lowest BCUT2D eigenvalue weighted by molar-refractivity contribution is 0.174. The van der Waals surface area contributed by atoms with Gasteiger partial charge in [-0.2, -0.15) is 5.26 Å². The van der Waals surface area contributed by atoms with Crippen molar-refractivity contribution >= 4 is 28.7 Å². The molecule has 5 rings (SSSR count). The predicted molar refractivity (Wildman–Crippen MR) is 111 cm³/mol. The van der Waals surface area contributed by atoms with Crippen LogP contribution < -0.4 is 15.2 Å². The highest BCUT2D eigenvalue weighted by molar-refractivity contribution is 7.99. The lowest BCUT2D eigenvalue weighted by Crippen LogP contribution is -2.04. The van der Waals surface area contributed by atoms with Crippen LogP contribution in [0, 0.1) is 11.3 Å². The number of fused-ring (bicyclic) bond motifs is 2. The number of rotatable bonds is 5. The lowest BCUT2D eigenvalue weighted by atomic mass is 10.1. The summed E-state index contributed by atoms with van der Waals surface area (Å²) in [5.41, 5.74) is 8.96. The molecule has 0 unspecified atom stereocenters. The number of hydrogen-bond acceptors (Lipinski definition) is 8. The molecule has 0 spiro atoms. The van der Waals surface area contributed by atoms with Gasteiger partial charge in [0.15, 0.2) is 33.6 Å². The zero-order valence-corrected chi connectivity index (χ0v) is 16.6. The summed E-state index contributed by atoms with van der Waals surface area (Å²) < 4.78 is 12.9. The number of nitrogen functional groups attached to an aromatic ring is 1. The molecule has 1 aliphatic heterocycles. The van der Waals surface area contributed by atoms with E-state index >= 15 is 0 Å². The van der Waals surface area contributed by atoms with Gasteiger partial charge in [-0.05, 0) is 18.1 Å². The van der Waals surface area contributed by atoms with Crippen molar-refractivity contribution in [3.8, 4) is 17.6 Å². The van der Waals surface area contributed by atoms with Crippen LogP contribution in [0.1, 0.15) is 11.1 Å². The second kappa shape index (κ2) is 7.57. The van der Waals surface area contributed by atoms with Crippen LogP contribution in [0.4, 0.5) is 5.82 Å². The second-order valence-corrected chi connectivity index (χ2v) is 7.64. The van der Waals surface area contributed by atoms with Crippen LogP contribution in [0.2, 0.25) is 0 Å². The fourth-order valence-electron chi connectivity index (χ4n) is 3.29. The Morgan fingerprint density at radius 3 is 2.73 bits per heavy atom. The Hall–Kier alpha value is -3.77. The van der Waals surface area contributed by atoms with Crippen molar-refractivity contribution < 1.29 is 9.47 Å². The third kappa shape index (κ3) is 3.27. The van der Waals surface area contributed by atoms with Crippen molar-refractivity contribution in [2.75, 3.05) is 12.5 Å². The number of nitriles is 1. The average molecular weight is 416 g/mol. The van der Waals surface area contributed by atoms with Crippen molar-refractivity contribution in [3.05, 3.63) is 59.9 Å². The Labute approximate surface area is 176 Å². The monoisotopic (exact) mass is 416 g/mol. The molecule has 0 amide bonds. The maximum absolute atomic E-state index is 9.60. The van der Waals surface area contributed by atoms with E-state index in [9.17, 15) is 5.26 Å². The minimum Gasteiger partial charge on any atom is -0.454 e. The summed E-state index contributed by atoms with van der Waals surface area (Å²) in [6.07, 6.45) is 2.24. The summed E-state index contributed by atoms with van der Waals surface area (Å²) in [5, 5.41) is 10.3. The minimum atomic E-state index is 0.149. The highest BCUT2D eigenvalue weighted by Crippen LogP contribution is 2.41. The number of benzene rings is 2. The third-order valence-electron chi connectivity index (χ3n) is 4.79. The summed E-state index contributed by atoms with van der Waals surface area (Å²) >= 11 is 1.37. The largest absolute Gasteiger partial charge is 0.454 e. The molecule has 0 atom stereocenters. The first-order chi connectivity index (χ1) is 14.7. The maximum atomic E-state index is 9.60. The van der Waals surface area contributed by atoms with Crippen molar-refractivity contribution in [2.24, 2.45) is 0 Å². The molecule has 0 fully saturated rings. The molecular formula is C21H16N6O2S. The topological polar surface area (TPSA) is 112 Å². The number of ether oxygens (including phenoxy) is 2. The molecule has 0 saturated carbocycles. The van der Waals surface area contributed by atoms with Crippen LogP contribution in [0.5, 0.6) is 11.5 Å². The molecule has 2 aromatic carbocycles. The Kier molecular flexibility index (Phi) is 4.61. The van der Waals surface area contributed by atoms with Gasteiger partial charge in [0.25, 0.3) is 0 Å². The van der Waals surface area contributed by atoms with Crippen LogP contribution in [-0.2, 0) is 13.0 Å². The van der Waals surface area contributed by atoms with Gasteiger partial charge in [-0.3, -0.25) is 0 Å². The highest BCUT2D eigenvalue weighted by Gasteiger charge is 2.21. The van der Waals surface area contributed by atoms with E-state index in [1.165, 1.54) is 23.7 Å². The van der Waals surface area contributed by atoms with E-state index in [0.717, 1.165) is 11.3 Å². The summed E-state index contributed by atoms with van der Waals surface area (Å²) in [6.45, 7) is 0.807. The van der Waals surface area contributed by atoms with Crippen LogP contribution in [-0.4, -0.2) is 26.3 Å². The molecule has 148 valence electrons. The smallest absolute Gasteiger partial charge is 0.231 e. The van der Waals surface area contributed by atoms with Gasteiger partial charge in [-0.25, -0.2) is 15.0 Å². The molecule has 3 heterocycles. The maximum Gasteiger partial charge on any atom is 0.231 e. The Morgan fingerprint density at radius 1 is 1.13 bits per heavy atom. The van der Waals surface area contributed by atoms with Crippen molar-refractivity contribution in [1.82, 2.24) is 19.5 Å². The van der Waals surface area contributed by atoms with Crippen molar-refractivity contribution in [1.29, 1.82) is 5.26 Å². The summed E-state index contributed by atoms with van der Waals surface area (Å²) in [6, 6.07) is 15.9. The number of aryl methyl sites for hydroxylation is 2. The molecule has 9 heteroatoms. The molecule has 8 nitrogen and oxygen atoms in total. The Bertz CT molecular complexity index is 1280. The van der Waals surface area contributed by atoms with Crippen LogP contribution >= 0.6 is 11.8 Å². The molecule has 0 radical (unpaired) electrons. The van der Waals surface area contributed by atoms with Crippen molar-refractivity contribution in [3.63, 3.8) is 0 Å². The number of nitrogens with zero attached hydrogens (tertiary/aromatic N) is 5. The summed E-state index contributed by atoms with van der Waals surface area (Å²) in [4.78, 5) is 13.9. The van der Waals surface area contributed by atoms with Gasteiger partial charge in [-0.15, -0.1) is 0 Å². The van der Waals surface area contributed by atoms with Crippen molar-refractivity contribution in [2.45, 2.75) is 23.0 Å². The third-order valence-corrected chi connectivity index (χ3v) is 5.84. The first-order valence-corrected chi connectivity index (χ1v) is 10.1. The zero-order valence-electron chi connectivity index (χ0n) is 15.8. The van der Waals surface area contributed by atoms with Crippen LogP contribution in [0.15, 0.2) is 58.8 Å². The van der Waals surface area contributed by atoms with E-state index in [0.29, 0.717) is 45.7 Å². The Morgan fingerprint density at radius 2 is 1.93 bits per heavy atom. The number of imidazole rings is 1. The normalized spacial score (nSPS) is 12.2. The SMILES string of the molecule is N#Cc1cc2c(cc1Sc1nc3c(N)ncnc3n1CCc1ccccc1)OCO2. The molecule has 2 N–H and O–H groups in total. The van der Waals surface area contributed by atoms with Gasteiger partial charge in [0.1, 0.15) is 12.4 Å². The van der Waals surface area contributed by atoms with E-state index < -0.39 is 0 Å². The molecule has 4 aromatic rings. The fraction of sp³-hybridized carbons (Fsp3) is 0.143. The predicted octanol–water partition coefficient (Wildman–Crippen LogP) is 3.40. The first-order valence-electron chi connectivity index (χ1n) is 9.25. The Balaban J connectivity index is 1.56. The molecule has 0 aliphatic carbocycles. The minimum absolute atomic E-state index is 0.149. The molecule has 0 saturated heterocycles. The van der Waals surface area contributed by atoms with Gasteiger partial charge in [0.2, 0.25) is 6.79 Å². The van der Waals surface area contributed by atoms with Gasteiger partial charge in [0.05, 0.1) is 5.56 Å². The van der Waals surface area contributed by atoms with E-state index in [1.807, 2.05) is 28.8 Å². The molecular weight excluding hydrogens is 400 g/mol. The first kappa shape index (κ1) is 18.3. The van der Waals surface area contributed by atoms with E-state index in [4.69, 9.17) is 15.2 Å². The second-order valence-electron chi connectivity index (χ2n) is 6.63. The highest BCUT2D eigenvalue weighted by atomic mass is 32.2. The van der Waals surface area contributed by atoms with E-state index in [-0.39, 0.29) is 6.79 Å². The number of aromatic nitrogens is 4. The molecule has 30 heavy (non-hydrogen) atoms. The zero-order chi connectivity index (χ0) is 20.5. The fourth-order valence-corrected chi connectivity index (χ4v) is 4.29. The van der Waals surface area contributed by atoms with Gasteiger partial charge in [-0.1, -0.05) is 42.1 Å². The number of nitrogens with two attached hydrogens (primary N) is 1. The molecule has 0 bridgehead atoms. The summed E-state index contributed by atoms with van der Waals surface area (Å²) in [5.74, 6) is 1.51. The van der Waals surface area contributed by atoms with Gasteiger partial charge < -0.3 is 19.8 Å². The number of anilines is 1. The van der Waals surface area contributed by atoms with E-state index in [1.54, 1.807) is 6.07 Å². The molecule has 1 aliphatic rings. The molecule has 2 aromatic heterocycles. The lowest BCUT2D eigenvalue weighted by Gasteiger charge is -2.10.